The molecule has 3 aromatic carbocycles. The monoisotopic (exact) mass is 588 g/mol. The average molecular weight is 589 g/mol. The van der Waals surface area contributed by atoms with E-state index in [1.807, 2.05) is 0 Å². The number of fused-ring (bicyclic) bond motifs is 3. The molecule has 0 saturated heterocycles. The van der Waals surface area contributed by atoms with Crippen molar-refractivity contribution in [1.82, 2.24) is 0 Å². The minimum absolute atomic E-state index is 0.942. The summed E-state index contributed by atoms with van der Waals surface area (Å²) in [6, 6.07) is 15.7. The third-order valence-electron chi connectivity index (χ3n) is 8.44. The SMILES string of the molecule is CCC.CCCCCCc1c2c(c(CCCC)c3ccc(/C(S)=C/C=C/C4=Cc5ccccc5C=CC4)cc13)CCC=C2. The molecule has 0 atom stereocenters. The fourth-order valence-electron chi connectivity index (χ4n) is 6.27. The molecule has 0 amide bonds. The fraction of sp³-hybridized carbons (Fsp3) is 0.381. The van der Waals surface area contributed by atoms with Gasteiger partial charge in [-0.05, 0) is 112 Å². The van der Waals surface area contributed by atoms with E-state index < -0.39 is 0 Å². The summed E-state index contributed by atoms with van der Waals surface area (Å²) in [4.78, 5) is 1.02. The number of hydrogen-bond acceptors (Lipinski definition) is 1. The van der Waals surface area contributed by atoms with E-state index >= 15 is 0 Å². The molecule has 0 aliphatic heterocycles. The van der Waals surface area contributed by atoms with Gasteiger partial charge < -0.3 is 0 Å². The summed E-state index contributed by atoms with van der Waals surface area (Å²) in [5.74, 6) is 0. The third-order valence-corrected chi connectivity index (χ3v) is 8.85. The van der Waals surface area contributed by atoms with Crippen molar-refractivity contribution in [3.05, 3.63) is 117 Å². The van der Waals surface area contributed by atoms with Crippen LogP contribution in [0.4, 0.5) is 0 Å². The number of allylic oxidation sites excluding steroid dienone is 6. The number of hydrogen-bond donors (Lipinski definition) is 1. The molecule has 0 bridgehead atoms. The summed E-state index contributed by atoms with van der Waals surface area (Å²) in [7, 11) is 0. The van der Waals surface area contributed by atoms with Gasteiger partial charge in [0.05, 0.1) is 0 Å². The van der Waals surface area contributed by atoms with Crippen LogP contribution >= 0.6 is 12.6 Å². The lowest BCUT2D eigenvalue weighted by Gasteiger charge is -2.24. The van der Waals surface area contributed by atoms with Gasteiger partial charge in [-0.25, -0.2) is 0 Å². The molecule has 0 heterocycles. The van der Waals surface area contributed by atoms with Gasteiger partial charge in [0.2, 0.25) is 0 Å². The highest BCUT2D eigenvalue weighted by atomic mass is 32.1. The zero-order valence-corrected chi connectivity index (χ0v) is 28.0. The van der Waals surface area contributed by atoms with Gasteiger partial charge in [0.25, 0.3) is 0 Å². The third kappa shape index (κ3) is 8.76. The van der Waals surface area contributed by atoms with E-state index in [-0.39, 0.29) is 0 Å². The normalized spacial score (nSPS) is 14.3. The average Bonchev–Trinajstić information content (AvgIpc) is 3.24. The van der Waals surface area contributed by atoms with E-state index in [0.29, 0.717) is 0 Å². The van der Waals surface area contributed by atoms with Crippen LogP contribution in [-0.2, 0) is 19.3 Å². The maximum atomic E-state index is 4.99. The molecule has 0 unspecified atom stereocenters. The van der Waals surface area contributed by atoms with Crippen molar-refractivity contribution >= 4 is 46.5 Å². The molecule has 1 heteroatoms. The van der Waals surface area contributed by atoms with Crippen molar-refractivity contribution in [2.75, 3.05) is 0 Å². The lowest BCUT2D eigenvalue weighted by Crippen LogP contribution is -2.07. The van der Waals surface area contributed by atoms with Gasteiger partial charge in [-0.1, -0.05) is 139 Å². The zero-order valence-electron chi connectivity index (χ0n) is 27.1. The minimum atomic E-state index is 0.942. The van der Waals surface area contributed by atoms with Crippen LogP contribution in [0.5, 0.6) is 0 Å². The second-order valence-electron chi connectivity index (χ2n) is 12.0. The maximum absolute atomic E-state index is 4.99. The van der Waals surface area contributed by atoms with E-state index in [0.717, 1.165) is 17.7 Å². The molecular weight excluding hydrogens is 537 g/mol. The Bertz CT molecular complexity index is 1510. The molecule has 0 aromatic heterocycles. The summed E-state index contributed by atoms with van der Waals surface area (Å²) in [5, 5.41) is 2.92. The number of benzene rings is 3. The second-order valence-corrected chi connectivity index (χ2v) is 12.5. The summed E-state index contributed by atoms with van der Waals surface area (Å²) < 4.78 is 0. The Hall–Kier alpha value is -3.03. The lowest BCUT2D eigenvalue weighted by molar-refractivity contribution is 0.667. The van der Waals surface area contributed by atoms with Crippen LogP contribution in [0.3, 0.4) is 0 Å². The molecule has 0 nitrogen and oxygen atoms in total. The highest BCUT2D eigenvalue weighted by molar-refractivity contribution is 7.90. The van der Waals surface area contributed by atoms with Gasteiger partial charge in [0.1, 0.15) is 0 Å². The maximum Gasteiger partial charge on any atom is 0.0113 e. The van der Waals surface area contributed by atoms with E-state index in [9.17, 15) is 0 Å². The van der Waals surface area contributed by atoms with Crippen molar-refractivity contribution in [2.24, 2.45) is 0 Å². The van der Waals surface area contributed by atoms with Crippen molar-refractivity contribution in [3.63, 3.8) is 0 Å². The largest absolute Gasteiger partial charge is 0.143 e. The number of thiol groups is 1. The van der Waals surface area contributed by atoms with E-state index in [4.69, 9.17) is 12.6 Å². The highest BCUT2D eigenvalue weighted by Gasteiger charge is 2.19. The molecular formula is C42H52S. The Morgan fingerprint density at radius 3 is 2.35 bits per heavy atom. The Balaban J connectivity index is 0.00000135. The molecule has 3 aromatic rings. The molecule has 5 rings (SSSR count). The molecule has 2 aliphatic rings. The van der Waals surface area contributed by atoms with Crippen molar-refractivity contribution in [2.45, 2.75) is 105 Å². The fourth-order valence-corrected chi connectivity index (χ4v) is 6.50. The van der Waals surface area contributed by atoms with Crippen LogP contribution in [0.25, 0.3) is 33.9 Å². The Morgan fingerprint density at radius 1 is 0.791 bits per heavy atom. The van der Waals surface area contributed by atoms with Crippen LogP contribution in [0, 0.1) is 0 Å². The molecule has 0 saturated carbocycles. The van der Waals surface area contributed by atoms with Crippen LogP contribution in [0.2, 0.25) is 0 Å². The Labute approximate surface area is 267 Å². The smallest absolute Gasteiger partial charge is 0.0113 e. The molecule has 0 spiro atoms. The molecule has 0 radical (unpaired) electrons. The first-order valence-electron chi connectivity index (χ1n) is 16.9. The van der Waals surface area contributed by atoms with Crippen LogP contribution in [0.15, 0.2) is 78.4 Å². The molecule has 226 valence electrons. The van der Waals surface area contributed by atoms with Gasteiger partial charge >= 0.3 is 0 Å². The predicted octanol–water partition coefficient (Wildman–Crippen LogP) is 13.0. The van der Waals surface area contributed by atoms with Gasteiger partial charge in [-0.2, -0.15) is 0 Å². The number of unbranched alkanes of at least 4 members (excludes halogenated alkanes) is 4. The van der Waals surface area contributed by atoms with Gasteiger partial charge in [-0.3, -0.25) is 0 Å². The predicted molar refractivity (Wildman–Crippen MR) is 198 cm³/mol. The van der Waals surface area contributed by atoms with Crippen LogP contribution < -0.4 is 0 Å². The first-order valence-corrected chi connectivity index (χ1v) is 17.4. The van der Waals surface area contributed by atoms with Crippen molar-refractivity contribution in [1.29, 1.82) is 0 Å². The quantitative estimate of drug-likeness (QED) is 0.129. The van der Waals surface area contributed by atoms with E-state index in [2.05, 4.69) is 119 Å². The van der Waals surface area contributed by atoms with Gasteiger partial charge in [0, 0.05) is 4.91 Å². The number of aryl methyl sites for hydroxylation is 2. The first-order chi connectivity index (χ1) is 21.1. The van der Waals surface area contributed by atoms with Crippen LogP contribution in [0.1, 0.15) is 124 Å². The zero-order chi connectivity index (χ0) is 30.4. The Kier molecular flexibility index (Phi) is 13.2. The lowest BCUT2D eigenvalue weighted by atomic mass is 9.81. The first kappa shape index (κ1) is 32.9. The van der Waals surface area contributed by atoms with E-state index in [1.165, 1.54) is 103 Å². The topological polar surface area (TPSA) is 0 Å². The second kappa shape index (κ2) is 17.3. The van der Waals surface area contributed by atoms with Crippen molar-refractivity contribution < 1.29 is 0 Å². The van der Waals surface area contributed by atoms with Gasteiger partial charge in [-0.15, -0.1) is 12.6 Å². The number of rotatable bonds is 11. The Morgan fingerprint density at radius 2 is 1.56 bits per heavy atom. The summed E-state index contributed by atoms with van der Waals surface area (Å²) >= 11 is 4.99. The van der Waals surface area contributed by atoms with Crippen molar-refractivity contribution in [3.8, 4) is 0 Å². The van der Waals surface area contributed by atoms with Gasteiger partial charge in [0.15, 0.2) is 0 Å². The molecule has 0 N–H and O–H groups in total. The summed E-state index contributed by atoms with van der Waals surface area (Å²) in [6.07, 6.45) is 32.7. The molecule has 2 aliphatic carbocycles. The summed E-state index contributed by atoms with van der Waals surface area (Å²) in [5.41, 5.74) is 11.4. The summed E-state index contributed by atoms with van der Waals surface area (Å²) in [6.45, 7) is 8.85. The van der Waals surface area contributed by atoms with E-state index in [1.54, 1.807) is 16.7 Å². The highest BCUT2D eigenvalue weighted by Crippen LogP contribution is 2.38. The van der Waals surface area contributed by atoms with Crippen LogP contribution in [-0.4, -0.2) is 0 Å². The standard InChI is InChI=1S/C39H44S.C3H8/c1-3-5-7-8-21-36-35-23-12-11-22-34(35)33(20-6-4-2)37-26-25-32(28-38(36)37)39(40)24-14-16-29-15-13-19-30-17-9-10-18-31(30)27-29;1-3-2/h9-10,12-14,16-19,23-28,40H,3-8,11,15,20-22H2,1-2H3;3H2,1-2H3/b16-14+,39-24-;. The molecule has 43 heavy (non-hydrogen) atoms. The molecule has 0 fully saturated rings. The minimum Gasteiger partial charge on any atom is -0.143 e.